The molecule has 1 heterocycles. The third-order valence-electron chi connectivity index (χ3n) is 5.45. The van der Waals surface area contributed by atoms with Crippen LogP contribution in [-0.4, -0.2) is 23.0 Å². The van der Waals surface area contributed by atoms with Gasteiger partial charge in [0.2, 0.25) is 0 Å². The Morgan fingerprint density at radius 3 is 2.27 bits per heavy atom. The zero-order chi connectivity index (χ0) is 18.3. The van der Waals surface area contributed by atoms with E-state index in [0.717, 1.165) is 46.0 Å². The second-order valence-corrected chi connectivity index (χ2v) is 6.93. The Morgan fingerprint density at radius 1 is 0.885 bits per heavy atom. The number of hydrogen-bond donors (Lipinski definition) is 1. The standard InChI is InChI=1S/C23H24N2O/c1-4-25(5-2)14-21-15(3)24-22-19(23(21)26)11-10-18-12-16-8-6-7-9-17(16)13-20(18)22/h6-13H,4-5,14H2,1-3H3,(H,24,26). The number of aromatic nitrogens is 1. The molecule has 0 aliphatic heterocycles. The molecular weight excluding hydrogens is 320 g/mol. The van der Waals surface area contributed by atoms with Gasteiger partial charge in [0.15, 0.2) is 5.43 Å². The van der Waals surface area contributed by atoms with Gasteiger partial charge < -0.3 is 4.98 Å². The zero-order valence-electron chi connectivity index (χ0n) is 15.6. The van der Waals surface area contributed by atoms with Crippen LogP contribution in [0.15, 0.2) is 53.3 Å². The van der Waals surface area contributed by atoms with E-state index < -0.39 is 0 Å². The highest BCUT2D eigenvalue weighted by molar-refractivity contribution is 6.10. The summed E-state index contributed by atoms with van der Waals surface area (Å²) in [7, 11) is 0. The molecular formula is C23H24N2O. The van der Waals surface area contributed by atoms with E-state index in [1.165, 1.54) is 10.8 Å². The molecule has 0 radical (unpaired) electrons. The molecule has 0 aliphatic rings. The number of H-pyrrole nitrogens is 1. The number of aromatic amines is 1. The zero-order valence-corrected chi connectivity index (χ0v) is 15.6. The molecule has 0 fully saturated rings. The Labute approximate surface area is 153 Å². The van der Waals surface area contributed by atoms with Gasteiger partial charge in [-0.05, 0) is 54.4 Å². The van der Waals surface area contributed by atoms with Crippen LogP contribution in [-0.2, 0) is 6.54 Å². The molecule has 3 heteroatoms. The van der Waals surface area contributed by atoms with E-state index in [-0.39, 0.29) is 5.43 Å². The maximum atomic E-state index is 13.2. The van der Waals surface area contributed by atoms with Gasteiger partial charge in [-0.15, -0.1) is 0 Å². The van der Waals surface area contributed by atoms with Gasteiger partial charge in [-0.2, -0.15) is 0 Å². The lowest BCUT2D eigenvalue weighted by Crippen LogP contribution is -2.27. The van der Waals surface area contributed by atoms with Gasteiger partial charge in [0.1, 0.15) is 0 Å². The van der Waals surface area contributed by atoms with Crippen LogP contribution in [0.3, 0.4) is 0 Å². The summed E-state index contributed by atoms with van der Waals surface area (Å²) in [6.07, 6.45) is 0. The summed E-state index contributed by atoms with van der Waals surface area (Å²) >= 11 is 0. The first kappa shape index (κ1) is 16.8. The SMILES string of the molecule is CCN(CC)Cc1c(C)[nH]c2c(ccc3cc4ccccc4cc32)c1=O. The predicted octanol–water partition coefficient (Wildman–Crippen LogP) is 4.98. The van der Waals surface area contributed by atoms with Crippen LogP contribution >= 0.6 is 0 Å². The van der Waals surface area contributed by atoms with Gasteiger partial charge in [0, 0.05) is 28.6 Å². The lowest BCUT2D eigenvalue weighted by molar-refractivity contribution is 0.294. The largest absolute Gasteiger partial charge is 0.358 e. The van der Waals surface area contributed by atoms with Crippen LogP contribution in [0.4, 0.5) is 0 Å². The van der Waals surface area contributed by atoms with E-state index in [1.807, 2.05) is 13.0 Å². The first-order valence-corrected chi connectivity index (χ1v) is 9.31. The maximum Gasteiger partial charge on any atom is 0.194 e. The number of pyridine rings is 1. The monoisotopic (exact) mass is 344 g/mol. The van der Waals surface area contributed by atoms with Gasteiger partial charge in [-0.1, -0.05) is 44.2 Å². The van der Waals surface area contributed by atoms with Gasteiger partial charge in [-0.3, -0.25) is 9.69 Å². The summed E-state index contributed by atoms with van der Waals surface area (Å²) < 4.78 is 0. The first-order chi connectivity index (χ1) is 12.6. The van der Waals surface area contributed by atoms with Gasteiger partial charge in [-0.25, -0.2) is 0 Å². The molecule has 0 spiro atoms. The summed E-state index contributed by atoms with van der Waals surface area (Å²) in [5.74, 6) is 0. The molecule has 0 saturated heterocycles. The molecule has 132 valence electrons. The summed E-state index contributed by atoms with van der Waals surface area (Å²) in [4.78, 5) is 19.0. The fourth-order valence-electron chi connectivity index (χ4n) is 3.79. The van der Waals surface area contributed by atoms with Crippen molar-refractivity contribution in [3.05, 3.63) is 70.0 Å². The molecule has 0 bridgehead atoms. The molecule has 0 unspecified atom stereocenters. The van der Waals surface area contributed by atoms with Crippen molar-refractivity contribution in [3.8, 4) is 0 Å². The second-order valence-electron chi connectivity index (χ2n) is 6.93. The Kier molecular flexibility index (Phi) is 4.25. The van der Waals surface area contributed by atoms with Crippen molar-refractivity contribution in [2.45, 2.75) is 27.3 Å². The third kappa shape index (κ3) is 2.69. The molecule has 0 saturated carbocycles. The van der Waals surface area contributed by atoms with E-state index in [2.05, 4.69) is 66.2 Å². The lowest BCUT2D eigenvalue weighted by atomic mass is 9.99. The lowest BCUT2D eigenvalue weighted by Gasteiger charge is -2.19. The molecule has 3 aromatic carbocycles. The number of fused-ring (bicyclic) bond motifs is 4. The smallest absolute Gasteiger partial charge is 0.194 e. The van der Waals surface area contributed by atoms with Gasteiger partial charge in [0.25, 0.3) is 0 Å². The first-order valence-electron chi connectivity index (χ1n) is 9.31. The number of hydrogen-bond acceptors (Lipinski definition) is 2. The third-order valence-corrected chi connectivity index (χ3v) is 5.45. The molecule has 1 N–H and O–H groups in total. The van der Waals surface area contributed by atoms with Crippen LogP contribution < -0.4 is 5.43 Å². The molecule has 1 aromatic heterocycles. The van der Waals surface area contributed by atoms with Gasteiger partial charge in [0.05, 0.1) is 5.52 Å². The molecule has 3 nitrogen and oxygen atoms in total. The summed E-state index contributed by atoms with van der Waals surface area (Å²) in [5, 5.41) is 5.45. The van der Waals surface area contributed by atoms with Crippen molar-refractivity contribution >= 4 is 32.4 Å². The minimum absolute atomic E-state index is 0.151. The van der Waals surface area contributed by atoms with Crippen molar-refractivity contribution in [1.82, 2.24) is 9.88 Å². The molecule has 26 heavy (non-hydrogen) atoms. The Balaban J connectivity index is 2.00. The molecule has 4 rings (SSSR count). The Morgan fingerprint density at radius 2 is 1.58 bits per heavy atom. The Bertz CT molecular complexity index is 1170. The molecule has 4 aromatic rings. The normalized spacial score (nSPS) is 11.8. The van der Waals surface area contributed by atoms with Crippen LogP contribution in [0, 0.1) is 6.92 Å². The van der Waals surface area contributed by atoms with Crippen LogP contribution in [0.2, 0.25) is 0 Å². The highest BCUT2D eigenvalue weighted by atomic mass is 16.1. The maximum absolute atomic E-state index is 13.2. The average molecular weight is 344 g/mol. The van der Waals surface area contributed by atoms with Gasteiger partial charge >= 0.3 is 0 Å². The van der Waals surface area contributed by atoms with Crippen LogP contribution in [0.25, 0.3) is 32.4 Å². The van der Waals surface area contributed by atoms with Crippen molar-refractivity contribution in [2.24, 2.45) is 0 Å². The van der Waals surface area contributed by atoms with Crippen molar-refractivity contribution in [2.75, 3.05) is 13.1 Å². The average Bonchev–Trinajstić information content (AvgIpc) is 2.66. The van der Waals surface area contributed by atoms with Crippen LogP contribution in [0.5, 0.6) is 0 Å². The number of nitrogens with one attached hydrogen (secondary N) is 1. The van der Waals surface area contributed by atoms with Crippen molar-refractivity contribution < 1.29 is 0 Å². The van der Waals surface area contributed by atoms with Crippen LogP contribution in [0.1, 0.15) is 25.1 Å². The molecule has 0 amide bonds. The highest BCUT2D eigenvalue weighted by Gasteiger charge is 2.14. The molecule has 0 aliphatic carbocycles. The van der Waals surface area contributed by atoms with E-state index in [0.29, 0.717) is 6.54 Å². The summed E-state index contributed by atoms with van der Waals surface area (Å²) in [6, 6.07) is 16.8. The second kappa shape index (κ2) is 6.58. The number of rotatable bonds is 4. The highest BCUT2D eigenvalue weighted by Crippen LogP contribution is 2.28. The Hall–Kier alpha value is -2.65. The fourth-order valence-corrected chi connectivity index (χ4v) is 3.79. The van der Waals surface area contributed by atoms with E-state index in [4.69, 9.17) is 0 Å². The van der Waals surface area contributed by atoms with E-state index >= 15 is 0 Å². The molecule has 0 atom stereocenters. The number of nitrogens with zero attached hydrogens (tertiary/aromatic N) is 1. The summed E-state index contributed by atoms with van der Waals surface area (Å²) in [5.41, 5.74) is 2.94. The van der Waals surface area contributed by atoms with Crippen molar-refractivity contribution in [1.29, 1.82) is 0 Å². The summed E-state index contributed by atoms with van der Waals surface area (Å²) in [6.45, 7) is 8.85. The quantitative estimate of drug-likeness (QED) is 0.418. The minimum atomic E-state index is 0.151. The topological polar surface area (TPSA) is 36.1 Å². The predicted molar refractivity (Wildman–Crippen MR) is 111 cm³/mol. The van der Waals surface area contributed by atoms with E-state index in [1.54, 1.807) is 0 Å². The van der Waals surface area contributed by atoms with E-state index in [9.17, 15) is 4.79 Å². The fraction of sp³-hybridized carbons (Fsp3) is 0.261. The van der Waals surface area contributed by atoms with Crippen molar-refractivity contribution in [3.63, 3.8) is 0 Å². The number of benzene rings is 3. The minimum Gasteiger partial charge on any atom is -0.358 e. The number of aryl methyl sites for hydroxylation is 1.